The number of carbonyl (C=O) groups is 1. The summed E-state index contributed by atoms with van der Waals surface area (Å²) in [6, 6.07) is 27.3. The van der Waals surface area contributed by atoms with Gasteiger partial charge in [0.15, 0.2) is 0 Å². The first-order valence-corrected chi connectivity index (χ1v) is 9.33. The summed E-state index contributed by atoms with van der Waals surface area (Å²) in [5, 5.41) is 3.18. The van der Waals surface area contributed by atoms with Gasteiger partial charge >= 0.3 is 6.03 Å². The molecule has 0 spiro atoms. The molecule has 0 radical (unpaired) electrons. The van der Waals surface area contributed by atoms with Crippen molar-refractivity contribution < 1.29 is 9.53 Å². The number of urea groups is 1. The van der Waals surface area contributed by atoms with Crippen LogP contribution in [0.5, 0.6) is 5.75 Å². The Morgan fingerprint density at radius 1 is 0.893 bits per heavy atom. The number of para-hydroxylation sites is 1. The van der Waals surface area contributed by atoms with Gasteiger partial charge < -0.3 is 10.1 Å². The van der Waals surface area contributed by atoms with Crippen LogP contribution in [0.4, 0.5) is 10.5 Å². The Balaban J connectivity index is 1.83. The zero-order chi connectivity index (χ0) is 20.0. The zero-order valence-electron chi connectivity index (χ0n) is 16.6. The number of nitrogens with one attached hydrogen (secondary N) is 1. The summed E-state index contributed by atoms with van der Waals surface area (Å²) in [6.45, 7) is 4.49. The third kappa shape index (κ3) is 4.71. The summed E-state index contributed by atoms with van der Waals surface area (Å²) in [7, 11) is 1.64. The molecule has 0 aliphatic heterocycles. The molecule has 0 bridgehead atoms. The average molecular weight is 374 g/mol. The van der Waals surface area contributed by atoms with E-state index in [1.165, 1.54) is 0 Å². The Labute approximate surface area is 166 Å². The van der Waals surface area contributed by atoms with E-state index >= 15 is 0 Å². The Kier molecular flexibility index (Phi) is 5.99. The first-order valence-electron chi connectivity index (χ1n) is 9.33. The number of rotatable bonds is 6. The molecular weight excluding hydrogens is 348 g/mol. The lowest BCUT2D eigenvalue weighted by Crippen LogP contribution is -2.48. The topological polar surface area (TPSA) is 41.6 Å². The monoisotopic (exact) mass is 374 g/mol. The van der Waals surface area contributed by atoms with E-state index in [9.17, 15) is 4.79 Å². The molecule has 4 nitrogen and oxygen atoms in total. The maximum atomic E-state index is 13.3. The molecule has 3 aromatic rings. The third-order valence-corrected chi connectivity index (χ3v) is 4.73. The number of anilines is 1. The first-order chi connectivity index (χ1) is 13.5. The lowest BCUT2D eigenvalue weighted by atomic mass is 9.94. The van der Waals surface area contributed by atoms with Gasteiger partial charge in [-0.05, 0) is 49.2 Å². The summed E-state index contributed by atoms with van der Waals surface area (Å²) >= 11 is 0. The van der Waals surface area contributed by atoms with Gasteiger partial charge in [-0.1, -0.05) is 60.7 Å². The van der Waals surface area contributed by atoms with Crippen molar-refractivity contribution >= 4 is 11.7 Å². The Morgan fingerprint density at radius 3 is 2.04 bits per heavy atom. The number of hydrogen-bond donors (Lipinski definition) is 1. The lowest BCUT2D eigenvalue weighted by Gasteiger charge is -2.31. The van der Waals surface area contributed by atoms with Gasteiger partial charge in [0.2, 0.25) is 0 Å². The molecule has 2 amide bonds. The van der Waals surface area contributed by atoms with E-state index in [2.05, 4.69) is 5.32 Å². The number of carbonyl (C=O) groups excluding carboxylic acids is 1. The minimum Gasteiger partial charge on any atom is -0.497 e. The van der Waals surface area contributed by atoms with Crippen molar-refractivity contribution in [3.8, 4) is 5.75 Å². The third-order valence-electron chi connectivity index (χ3n) is 4.73. The maximum Gasteiger partial charge on any atom is 0.322 e. The van der Waals surface area contributed by atoms with Gasteiger partial charge in [0, 0.05) is 5.69 Å². The summed E-state index contributed by atoms with van der Waals surface area (Å²) < 4.78 is 5.23. The van der Waals surface area contributed by atoms with Gasteiger partial charge in [-0.25, -0.2) is 4.79 Å². The Bertz CT molecular complexity index is 891. The predicted molar refractivity (Wildman–Crippen MR) is 114 cm³/mol. The summed E-state index contributed by atoms with van der Waals surface area (Å²) in [5.74, 6) is 0.792. The molecule has 3 rings (SSSR count). The summed E-state index contributed by atoms with van der Waals surface area (Å²) in [6.07, 6.45) is 0. The van der Waals surface area contributed by atoms with E-state index in [0.29, 0.717) is 6.54 Å². The molecule has 4 heteroatoms. The largest absolute Gasteiger partial charge is 0.497 e. The highest BCUT2D eigenvalue weighted by Gasteiger charge is 2.26. The molecule has 0 aliphatic carbocycles. The van der Waals surface area contributed by atoms with Crippen LogP contribution in [0.25, 0.3) is 0 Å². The van der Waals surface area contributed by atoms with E-state index in [0.717, 1.165) is 22.6 Å². The van der Waals surface area contributed by atoms with Crippen molar-refractivity contribution in [1.29, 1.82) is 0 Å². The van der Waals surface area contributed by atoms with Gasteiger partial charge in [0.1, 0.15) is 5.75 Å². The van der Waals surface area contributed by atoms with Crippen molar-refractivity contribution in [2.75, 3.05) is 12.0 Å². The number of nitrogens with zero attached hydrogens (tertiary/aromatic N) is 1. The Morgan fingerprint density at radius 2 is 1.46 bits per heavy atom. The minimum atomic E-state index is -0.535. The van der Waals surface area contributed by atoms with Crippen LogP contribution in [0.15, 0.2) is 84.9 Å². The average Bonchev–Trinajstić information content (AvgIpc) is 2.73. The number of methoxy groups -OCH3 is 1. The number of benzene rings is 3. The normalized spacial score (nSPS) is 11.0. The molecule has 0 aromatic heterocycles. The molecule has 0 saturated heterocycles. The second-order valence-electron chi connectivity index (χ2n) is 7.19. The van der Waals surface area contributed by atoms with Crippen molar-refractivity contribution in [2.24, 2.45) is 0 Å². The summed E-state index contributed by atoms with van der Waals surface area (Å²) in [4.78, 5) is 15.0. The van der Waals surface area contributed by atoms with Gasteiger partial charge in [-0.3, -0.25) is 4.90 Å². The molecular formula is C24H26N2O2. The van der Waals surface area contributed by atoms with Gasteiger partial charge in [0.05, 0.1) is 19.2 Å². The van der Waals surface area contributed by atoms with Crippen LogP contribution in [0, 0.1) is 0 Å². The lowest BCUT2D eigenvalue weighted by molar-refractivity contribution is 0.235. The molecule has 28 heavy (non-hydrogen) atoms. The van der Waals surface area contributed by atoms with Crippen LogP contribution in [0.1, 0.15) is 25.0 Å². The van der Waals surface area contributed by atoms with E-state index in [1.54, 1.807) is 12.0 Å². The van der Waals surface area contributed by atoms with E-state index in [1.807, 2.05) is 98.8 Å². The van der Waals surface area contributed by atoms with E-state index < -0.39 is 5.54 Å². The highest BCUT2D eigenvalue weighted by molar-refractivity contribution is 5.92. The number of ether oxygens (including phenoxy) is 1. The van der Waals surface area contributed by atoms with Crippen molar-refractivity contribution in [1.82, 2.24) is 5.32 Å². The molecule has 0 atom stereocenters. The standard InChI is InChI=1S/C24H26N2O2/c1-24(2,20-14-16-22(28-3)17-15-20)25-23(27)26(21-12-8-5-9-13-21)18-19-10-6-4-7-11-19/h4-17H,18H2,1-3H3,(H,25,27). The summed E-state index contributed by atoms with van der Waals surface area (Å²) in [5.41, 5.74) is 2.40. The van der Waals surface area contributed by atoms with Crippen LogP contribution >= 0.6 is 0 Å². The van der Waals surface area contributed by atoms with Crippen LogP contribution in [0.2, 0.25) is 0 Å². The van der Waals surface area contributed by atoms with Gasteiger partial charge in [0.25, 0.3) is 0 Å². The smallest absolute Gasteiger partial charge is 0.322 e. The Hall–Kier alpha value is -3.27. The zero-order valence-corrected chi connectivity index (χ0v) is 16.6. The second-order valence-corrected chi connectivity index (χ2v) is 7.19. The van der Waals surface area contributed by atoms with E-state index in [4.69, 9.17) is 4.74 Å². The fourth-order valence-corrected chi connectivity index (χ4v) is 3.07. The second kappa shape index (κ2) is 8.61. The van der Waals surface area contributed by atoms with E-state index in [-0.39, 0.29) is 6.03 Å². The fraction of sp³-hybridized carbons (Fsp3) is 0.208. The van der Waals surface area contributed by atoms with Gasteiger partial charge in [-0.2, -0.15) is 0 Å². The molecule has 0 unspecified atom stereocenters. The van der Waals surface area contributed by atoms with Crippen LogP contribution in [-0.4, -0.2) is 13.1 Å². The number of amides is 2. The molecule has 0 aliphatic rings. The molecule has 0 saturated carbocycles. The highest BCUT2D eigenvalue weighted by atomic mass is 16.5. The minimum absolute atomic E-state index is 0.143. The molecule has 3 aromatic carbocycles. The number of hydrogen-bond acceptors (Lipinski definition) is 2. The van der Waals surface area contributed by atoms with Crippen molar-refractivity contribution in [3.05, 3.63) is 96.1 Å². The highest BCUT2D eigenvalue weighted by Crippen LogP contribution is 2.24. The molecule has 0 heterocycles. The fourth-order valence-electron chi connectivity index (χ4n) is 3.07. The maximum absolute atomic E-state index is 13.3. The van der Waals surface area contributed by atoms with Gasteiger partial charge in [-0.15, -0.1) is 0 Å². The van der Waals surface area contributed by atoms with Crippen molar-refractivity contribution in [2.45, 2.75) is 25.9 Å². The van der Waals surface area contributed by atoms with Crippen LogP contribution in [-0.2, 0) is 12.1 Å². The quantitative estimate of drug-likeness (QED) is 0.632. The SMILES string of the molecule is COc1ccc(C(C)(C)NC(=O)N(Cc2ccccc2)c2ccccc2)cc1. The molecule has 1 N–H and O–H groups in total. The van der Waals surface area contributed by atoms with Crippen molar-refractivity contribution in [3.63, 3.8) is 0 Å². The van der Waals surface area contributed by atoms with Crippen LogP contribution in [0.3, 0.4) is 0 Å². The predicted octanol–water partition coefficient (Wildman–Crippen LogP) is 5.35. The molecule has 0 fully saturated rings. The van der Waals surface area contributed by atoms with Crippen LogP contribution < -0.4 is 15.0 Å². The first kappa shape index (κ1) is 19.5. The molecule has 144 valence electrons.